The molecule has 2 fully saturated rings. The molecule has 0 spiro atoms. The molecule has 0 saturated carbocycles. The van der Waals surface area contributed by atoms with Crippen molar-refractivity contribution in [2.75, 3.05) is 24.6 Å². The van der Waals surface area contributed by atoms with Crippen LogP contribution in [0.2, 0.25) is 0 Å². The first-order chi connectivity index (χ1) is 16.0. The molecular formula is C23H26FN6O2P. The molecule has 1 amide bonds. The maximum absolute atomic E-state index is 13.9. The van der Waals surface area contributed by atoms with Crippen LogP contribution in [0.1, 0.15) is 30.9 Å². The normalized spacial score (nSPS) is 19.3. The van der Waals surface area contributed by atoms with Crippen LogP contribution in [0.3, 0.4) is 0 Å². The first-order valence-electron chi connectivity index (χ1n) is 11.1. The van der Waals surface area contributed by atoms with Crippen LogP contribution in [0.15, 0.2) is 42.9 Å². The van der Waals surface area contributed by atoms with Crippen LogP contribution < -0.4 is 10.2 Å². The van der Waals surface area contributed by atoms with Gasteiger partial charge in [0.1, 0.15) is 18.0 Å². The van der Waals surface area contributed by atoms with Crippen molar-refractivity contribution in [3.05, 3.63) is 54.2 Å². The summed E-state index contributed by atoms with van der Waals surface area (Å²) >= 11 is 0. The lowest BCUT2D eigenvalue weighted by Gasteiger charge is -2.34. The maximum atomic E-state index is 13.9. The van der Waals surface area contributed by atoms with Gasteiger partial charge >= 0.3 is 0 Å². The fourth-order valence-electron chi connectivity index (χ4n) is 4.64. The van der Waals surface area contributed by atoms with Gasteiger partial charge in [0.05, 0.1) is 24.0 Å². The highest BCUT2D eigenvalue weighted by molar-refractivity contribution is 7.27. The summed E-state index contributed by atoms with van der Waals surface area (Å²) in [5.74, 6) is 0.379. The maximum Gasteiger partial charge on any atom is 0.249 e. The lowest BCUT2D eigenvalue weighted by Crippen LogP contribution is -2.42. The van der Waals surface area contributed by atoms with Crippen molar-refractivity contribution in [3.8, 4) is 11.4 Å². The van der Waals surface area contributed by atoms with E-state index >= 15 is 0 Å². The second kappa shape index (κ2) is 9.15. The van der Waals surface area contributed by atoms with E-state index in [1.807, 2.05) is 25.2 Å². The van der Waals surface area contributed by atoms with Gasteiger partial charge in [-0.2, -0.15) is 5.10 Å². The van der Waals surface area contributed by atoms with E-state index in [2.05, 4.69) is 29.2 Å². The highest BCUT2D eigenvalue weighted by Gasteiger charge is 2.37. The summed E-state index contributed by atoms with van der Waals surface area (Å²) in [4.78, 5) is 30.0. The fourth-order valence-corrected chi connectivity index (χ4v) is 4.99. The predicted molar refractivity (Wildman–Crippen MR) is 125 cm³/mol. The minimum atomic E-state index is -0.305. The number of nitrogens with zero attached hydrogens (tertiary/aromatic N) is 6. The third-order valence-corrected chi connectivity index (χ3v) is 6.69. The van der Waals surface area contributed by atoms with E-state index in [0.29, 0.717) is 39.0 Å². The van der Waals surface area contributed by atoms with Gasteiger partial charge in [-0.15, -0.1) is 9.24 Å². The van der Waals surface area contributed by atoms with Gasteiger partial charge in [0, 0.05) is 44.7 Å². The smallest absolute Gasteiger partial charge is 0.249 e. The molecule has 33 heavy (non-hydrogen) atoms. The second-order valence-electron chi connectivity index (χ2n) is 8.48. The molecule has 2 saturated heterocycles. The molecule has 0 radical (unpaired) electrons. The van der Waals surface area contributed by atoms with E-state index in [1.165, 1.54) is 17.2 Å². The molecule has 1 aromatic carbocycles. The van der Waals surface area contributed by atoms with E-state index in [-0.39, 0.29) is 23.7 Å². The first kappa shape index (κ1) is 21.9. The third kappa shape index (κ3) is 4.48. The molecule has 8 nitrogen and oxygen atoms in total. The van der Waals surface area contributed by atoms with Gasteiger partial charge in [-0.05, 0) is 48.0 Å². The number of benzene rings is 1. The van der Waals surface area contributed by atoms with Gasteiger partial charge < -0.3 is 4.90 Å². The lowest BCUT2D eigenvalue weighted by atomic mass is 9.94. The molecule has 172 valence electrons. The van der Waals surface area contributed by atoms with Gasteiger partial charge in [-0.1, -0.05) is 0 Å². The Balaban J connectivity index is 1.26. The van der Waals surface area contributed by atoms with Gasteiger partial charge in [-0.3, -0.25) is 14.3 Å². The Morgan fingerprint density at radius 1 is 1.15 bits per heavy atom. The summed E-state index contributed by atoms with van der Waals surface area (Å²) < 4.78 is 15.7. The molecule has 5 rings (SSSR count). The number of aryl methyl sites for hydroxylation is 1. The number of carbonyl (C=O) groups excluding carboxylic acids is 1. The predicted octanol–water partition coefficient (Wildman–Crippen LogP) is 2.64. The molecule has 2 atom stereocenters. The van der Waals surface area contributed by atoms with Crippen molar-refractivity contribution >= 4 is 26.3 Å². The molecule has 0 bridgehead atoms. The van der Waals surface area contributed by atoms with Crippen LogP contribution in [-0.4, -0.2) is 50.4 Å². The van der Waals surface area contributed by atoms with Crippen molar-refractivity contribution in [1.29, 1.82) is 0 Å². The molecule has 2 aromatic heterocycles. The second-order valence-corrected chi connectivity index (χ2v) is 9.15. The summed E-state index contributed by atoms with van der Waals surface area (Å²) in [5.41, 5.74) is 2.51. The molecule has 1 unspecified atom stereocenters. The van der Waals surface area contributed by atoms with Crippen molar-refractivity contribution in [3.63, 3.8) is 0 Å². The van der Waals surface area contributed by atoms with Crippen LogP contribution in [0.5, 0.6) is 0 Å². The largest absolute Gasteiger partial charge is 0.356 e. The summed E-state index contributed by atoms with van der Waals surface area (Å²) in [5, 5.41) is 6.44. The Morgan fingerprint density at radius 2 is 1.97 bits per heavy atom. The highest BCUT2D eigenvalue weighted by Crippen LogP contribution is 2.34. The Bertz CT molecular complexity index is 1140. The number of aromatic nitrogens is 4. The number of hydrogen-bond acceptors (Lipinski definition) is 6. The van der Waals surface area contributed by atoms with E-state index < -0.39 is 0 Å². The molecule has 2 aliphatic rings. The molecule has 2 aliphatic heterocycles. The molecule has 0 N–H and O–H groups in total. The number of halogens is 1. The molecular weight excluding hydrogens is 442 g/mol. The number of hydroxylamine groups is 2. The quantitative estimate of drug-likeness (QED) is 0.548. The van der Waals surface area contributed by atoms with Gasteiger partial charge in [0.15, 0.2) is 0 Å². The minimum Gasteiger partial charge on any atom is -0.356 e. The third-order valence-electron chi connectivity index (χ3n) is 6.35. The average Bonchev–Trinajstić information content (AvgIpc) is 3.47. The fraction of sp³-hybridized carbons (Fsp3) is 0.391. The first-order valence-corrected chi connectivity index (χ1v) is 11.6. The number of rotatable bonds is 4. The number of piperidine rings is 1. The Morgan fingerprint density at radius 3 is 2.70 bits per heavy atom. The van der Waals surface area contributed by atoms with E-state index in [4.69, 9.17) is 4.84 Å². The van der Waals surface area contributed by atoms with Crippen LogP contribution in [0.4, 0.5) is 10.2 Å². The highest BCUT2D eigenvalue weighted by atomic mass is 31.0. The zero-order chi connectivity index (χ0) is 22.9. The van der Waals surface area contributed by atoms with Crippen molar-refractivity contribution in [2.24, 2.45) is 13.0 Å². The van der Waals surface area contributed by atoms with Gasteiger partial charge in [0.2, 0.25) is 5.91 Å². The summed E-state index contributed by atoms with van der Waals surface area (Å²) in [7, 11) is 4.40. The Kier molecular flexibility index (Phi) is 6.08. The summed E-state index contributed by atoms with van der Waals surface area (Å²) in [6.45, 7) is 1.88. The monoisotopic (exact) mass is 468 g/mol. The van der Waals surface area contributed by atoms with Crippen molar-refractivity contribution in [1.82, 2.24) is 24.8 Å². The number of amides is 1. The van der Waals surface area contributed by atoms with Crippen LogP contribution in [0.25, 0.3) is 11.4 Å². The van der Waals surface area contributed by atoms with Crippen LogP contribution in [-0.2, 0) is 16.7 Å². The number of carbonyl (C=O) groups is 1. The molecule has 4 heterocycles. The van der Waals surface area contributed by atoms with E-state index in [0.717, 1.165) is 28.1 Å². The SMILES string of the molecule is Cn1nccc1-c1cc(N2CCC(C(=O)N3OCC[C@H]3c3cc(F)cc(P)c3)CC2)ncn1. The zero-order valence-electron chi connectivity index (χ0n) is 18.4. The van der Waals surface area contributed by atoms with E-state index in [1.54, 1.807) is 17.2 Å². The van der Waals surface area contributed by atoms with Gasteiger partial charge in [-0.25, -0.2) is 19.4 Å². The van der Waals surface area contributed by atoms with Crippen molar-refractivity contribution < 1.29 is 14.0 Å². The number of anilines is 1. The minimum absolute atomic E-state index is 0.0232. The van der Waals surface area contributed by atoms with E-state index in [9.17, 15) is 9.18 Å². The van der Waals surface area contributed by atoms with Gasteiger partial charge in [0.25, 0.3) is 0 Å². The average molecular weight is 468 g/mol. The Hall–Kier alpha value is -2.90. The van der Waals surface area contributed by atoms with Crippen molar-refractivity contribution in [2.45, 2.75) is 25.3 Å². The lowest BCUT2D eigenvalue weighted by molar-refractivity contribution is -0.182. The van der Waals surface area contributed by atoms with Crippen LogP contribution >= 0.6 is 9.24 Å². The zero-order valence-corrected chi connectivity index (χ0v) is 19.5. The molecule has 10 heteroatoms. The van der Waals surface area contributed by atoms with Crippen LogP contribution in [0, 0.1) is 11.7 Å². The molecule has 3 aromatic rings. The summed E-state index contributed by atoms with van der Waals surface area (Å²) in [6.07, 6.45) is 5.38. The summed E-state index contributed by atoms with van der Waals surface area (Å²) in [6, 6.07) is 8.47. The Labute approximate surface area is 193 Å². The number of hydrogen-bond donors (Lipinski definition) is 0. The topological polar surface area (TPSA) is 76.4 Å². The standard InChI is InChI=1S/C23H26FN6O2P/c1-28-21(2-6-27-28)19-13-22(26-14-25-19)29-7-3-15(4-8-29)23(31)30-20(5-9-32-30)16-10-17(24)12-18(33)11-16/h2,6,10-15,20H,3-5,7-9,33H2,1H3/t20-/m0/s1. The molecule has 0 aliphatic carbocycles.